The standard InChI is InChI=1S/C21H23F5N4O3S/c1-11(2)27-20-13(5-7-17(29-20)21(24,25)26)6-8-18(31)28-12(3)14-9-15(22)19(16(23)10-14)30(4)34(32)33/h5-12H,1-4H3,(H,27,29)(H,28,31)(H,32,33)/p-1. The Kier molecular flexibility index (Phi) is 8.72. The lowest BCUT2D eigenvalue weighted by atomic mass is 10.1. The summed E-state index contributed by atoms with van der Waals surface area (Å²) in [6.45, 7) is 4.86. The van der Waals surface area contributed by atoms with Crippen molar-refractivity contribution < 1.29 is 35.5 Å². The zero-order chi connectivity index (χ0) is 25.8. The molecule has 1 amide bonds. The van der Waals surface area contributed by atoms with Crippen molar-refractivity contribution in [2.45, 2.75) is 39.0 Å². The van der Waals surface area contributed by atoms with E-state index in [4.69, 9.17) is 0 Å². The first kappa shape index (κ1) is 27.2. The van der Waals surface area contributed by atoms with E-state index in [1.807, 2.05) is 0 Å². The third-order valence-corrected chi connectivity index (χ3v) is 5.12. The number of benzene rings is 1. The van der Waals surface area contributed by atoms with Crippen LogP contribution in [0.1, 0.15) is 43.6 Å². The molecule has 0 fully saturated rings. The molecule has 0 aliphatic heterocycles. The van der Waals surface area contributed by atoms with E-state index in [1.165, 1.54) is 13.0 Å². The van der Waals surface area contributed by atoms with Gasteiger partial charge in [-0.1, -0.05) is 0 Å². The molecule has 0 saturated heterocycles. The topological polar surface area (TPSA) is 97.4 Å². The van der Waals surface area contributed by atoms with Crippen molar-refractivity contribution in [3.05, 3.63) is 58.8 Å². The number of hydrogen-bond donors (Lipinski definition) is 2. The molecule has 34 heavy (non-hydrogen) atoms. The third-order valence-electron chi connectivity index (χ3n) is 4.49. The van der Waals surface area contributed by atoms with Crippen molar-refractivity contribution in [2.75, 3.05) is 16.7 Å². The third kappa shape index (κ3) is 6.97. The van der Waals surface area contributed by atoms with Gasteiger partial charge < -0.3 is 19.5 Å². The fourth-order valence-electron chi connectivity index (χ4n) is 2.87. The molecule has 0 radical (unpaired) electrons. The normalized spacial score (nSPS) is 13.7. The quantitative estimate of drug-likeness (QED) is 0.317. The van der Waals surface area contributed by atoms with Crippen LogP contribution in [-0.4, -0.2) is 32.7 Å². The number of amides is 1. The Morgan fingerprint density at radius 2 is 1.76 bits per heavy atom. The van der Waals surface area contributed by atoms with E-state index in [2.05, 4.69) is 15.6 Å². The van der Waals surface area contributed by atoms with Crippen molar-refractivity contribution in [3.63, 3.8) is 0 Å². The molecule has 186 valence electrons. The highest BCUT2D eigenvalue weighted by Gasteiger charge is 2.33. The number of nitrogens with zero attached hydrogens (tertiary/aromatic N) is 2. The van der Waals surface area contributed by atoms with E-state index in [0.29, 0.717) is 4.31 Å². The zero-order valence-electron chi connectivity index (χ0n) is 18.5. The summed E-state index contributed by atoms with van der Waals surface area (Å²) < 4.78 is 89.8. The maximum absolute atomic E-state index is 14.3. The molecule has 2 N–H and O–H groups in total. The van der Waals surface area contributed by atoms with Crippen LogP contribution in [0.2, 0.25) is 0 Å². The highest BCUT2D eigenvalue weighted by molar-refractivity contribution is 7.80. The minimum Gasteiger partial charge on any atom is -0.755 e. The predicted molar refractivity (Wildman–Crippen MR) is 117 cm³/mol. The fourth-order valence-corrected chi connectivity index (χ4v) is 3.20. The van der Waals surface area contributed by atoms with Crippen molar-refractivity contribution >= 4 is 34.8 Å². The van der Waals surface area contributed by atoms with E-state index < -0.39 is 52.4 Å². The van der Waals surface area contributed by atoms with Crippen LogP contribution in [0.3, 0.4) is 0 Å². The van der Waals surface area contributed by atoms with Gasteiger partial charge >= 0.3 is 6.18 Å². The lowest BCUT2D eigenvalue weighted by Gasteiger charge is -2.23. The van der Waals surface area contributed by atoms with Gasteiger partial charge in [0, 0.05) is 36.0 Å². The van der Waals surface area contributed by atoms with E-state index in [-0.39, 0.29) is 23.0 Å². The number of anilines is 2. The van der Waals surface area contributed by atoms with Crippen LogP contribution in [0.5, 0.6) is 0 Å². The van der Waals surface area contributed by atoms with E-state index in [0.717, 1.165) is 37.4 Å². The second-order valence-corrected chi connectivity index (χ2v) is 8.52. The molecule has 1 aromatic heterocycles. The van der Waals surface area contributed by atoms with Crippen molar-refractivity contribution in [1.82, 2.24) is 10.3 Å². The van der Waals surface area contributed by atoms with Gasteiger partial charge in [0.15, 0.2) is 11.6 Å². The molecule has 0 saturated carbocycles. The van der Waals surface area contributed by atoms with Gasteiger partial charge in [-0.25, -0.2) is 13.8 Å². The van der Waals surface area contributed by atoms with Crippen LogP contribution in [0, 0.1) is 11.6 Å². The van der Waals surface area contributed by atoms with Gasteiger partial charge in [0.2, 0.25) is 5.91 Å². The van der Waals surface area contributed by atoms with Crippen LogP contribution in [0.25, 0.3) is 6.08 Å². The maximum Gasteiger partial charge on any atom is 0.433 e. The Balaban J connectivity index is 2.21. The van der Waals surface area contributed by atoms with Gasteiger partial charge in [-0.15, -0.1) is 0 Å². The summed E-state index contributed by atoms with van der Waals surface area (Å²) in [4.78, 5) is 15.9. The molecule has 1 heterocycles. The summed E-state index contributed by atoms with van der Waals surface area (Å²) in [6, 6.07) is 2.61. The van der Waals surface area contributed by atoms with Gasteiger partial charge in [0.1, 0.15) is 17.2 Å². The Hall–Kier alpha value is -3.06. The zero-order valence-corrected chi connectivity index (χ0v) is 19.4. The number of halogens is 5. The van der Waals surface area contributed by atoms with E-state index >= 15 is 0 Å². The Labute approximate surface area is 195 Å². The lowest BCUT2D eigenvalue weighted by molar-refractivity contribution is -0.141. The van der Waals surface area contributed by atoms with Gasteiger partial charge in [-0.05, 0) is 56.7 Å². The van der Waals surface area contributed by atoms with Gasteiger partial charge in [0.05, 0.1) is 6.04 Å². The number of hydrogen-bond acceptors (Lipinski definition) is 5. The number of rotatable bonds is 8. The largest absolute Gasteiger partial charge is 0.755 e. The van der Waals surface area contributed by atoms with Crippen molar-refractivity contribution in [1.29, 1.82) is 0 Å². The minimum absolute atomic E-state index is 0.0314. The summed E-state index contributed by atoms with van der Waals surface area (Å²) in [6.07, 6.45) is -2.34. The number of aromatic nitrogens is 1. The average molecular weight is 505 g/mol. The summed E-state index contributed by atoms with van der Waals surface area (Å²) in [5, 5.41) is 5.26. The number of carbonyl (C=O) groups is 1. The monoisotopic (exact) mass is 505 g/mol. The molecule has 2 unspecified atom stereocenters. The molecule has 2 aromatic rings. The summed E-state index contributed by atoms with van der Waals surface area (Å²) in [5.74, 6) is -3.04. The molecule has 7 nitrogen and oxygen atoms in total. The lowest BCUT2D eigenvalue weighted by Crippen LogP contribution is -2.26. The second kappa shape index (κ2) is 10.9. The molecule has 0 aliphatic carbocycles. The van der Waals surface area contributed by atoms with Crippen LogP contribution in [0.15, 0.2) is 30.3 Å². The molecule has 0 spiro atoms. The van der Waals surface area contributed by atoms with E-state index in [1.54, 1.807) is 13.8 Å². The summed E-state index contributed by atoms with van der Waals surface area (Å²) >= 11 is -2.89. The molecular weight excluding hydrogens is 483 g/mol. The fraction of sp³-hybridized carbons (Fsp3) is 0.333. The average Bonchev–Trinajstić information content (AvgIpc) is 2.70. The molecular formula is C21H22F5N4O3S-. The first-order valence-corrected chi connectivity index (χ1v) is 10.9. The molecule has 0 aliphatic rings. The molecule has 0 bridgehead atoms. The van der Waals surface area contributed by atoms with Crippen LogP contribution >= 0.6 is 0 Å². The molecule has 13 heteroatoms. The molecule has 2 atom stereocenters. The van der Waals surface area contributed by atoms with Crippen LogP contribution in [-0.2, 0) is 22.2 Å². The minimum atomic E-state index is -4.64. The van der Waals surface area contributed by atoms with Gasteiger partial charge in [-0.2, -0.15) is 13.2 Å². The smallest absolute Gasteiger partial charge is 0.433 e. The Morgan fingerprint density at radius 1 is 1.18 bits per heavy atom. The molecule has 1 aromatic carbocycles. The SMILES string of the molecule is CC(C)Nc1nc(C(F)(F)F)ccc1C=CC(=O)NC(C)c1cc(F)c(N(C)S(=O)[O-])c(F)c1. The first-order chi connectivity index (χ1) is 15.7. The summed E-state index contributed by atoms with van der Waals surface area (Å²) in [5.41, 5.74) is -1.61. The maximum atomic E-state index is 14.3. The predicted octanol–water partition coefficient (Wildman–Crippen LogP) is 4.32. The molecule has 2 rings (SSSR count). The first-order valence-electron chi connectivity index (χ1n) is 9.86. The summed E-state index contributed by atoms with van der Waals surface area (Å²) in [7, 11) is 0.971. The van der Waals surface area contributed by atoms with Gasteiger partial charge in [0.25, 0.3) is 0 Å². The number of carbonyl (C=O) groups excluding carboxylic acids is 1. The Morgan fingerprint density at radius 3 is 2.26 bits per heavy atom. The van der Waals surface area contributed by atoms with Crippen molar-refractivity contribution in [3.8, 4) is 0 Å². The van der Waals surface area contributed by atoms with Crippen molar-refractivity contribution in [2.24, 2.45) is 0 Å². The van der Waals surface area contributed by atoms with Gasteiger partial charge in [-0.3, -0.25) is 9.00 Å². The highest BCUT2D eigenvalue weighted by Crippen LogP contribution is 2.30. The second-order valence-electron chi connectivity index (χ2n) is 7.54. The number of pyridine rings is 1. The number of nitrogens with one attached hydrogen (secondary N) is 2. The van der Waals surface area contributed by atoms with Crippen LogP contribution < -0.4 is 14.9 Å². The Bertz CT molecular complexity index is 1090. The highest BCUT2D eigenvalue weighted by atomic mass is 32.2. The number of alkyl halides is 3. The van der Waals surface area contributed by atoms with Crippen LogP contribution in [0.4, 0.5) is 33.5 Å². The van der Waals surface area contributed by atoms with E-state index in [9.17, 15) is 35.5 Å².